The predicted molar refractivity (Wildman–Crippen MR) is 68.3 cm³/mol. The van der Waals surface area contributed by atoms with E-state index in [-0.39, 0.29) is 17.5 Å². The van der Waals surface area contributed by atoms with Crippen LogP contribution in [0.3, 0.4) is 0 Å². The van der Waals surface area contributed by atoms with Crippen LogP contribution in [-0.4, -0.2) is 20.9 Å². The van der Waals surface area contributed by atoms with Gasteiger partial charge in [-0.1, -0.05) is 17.7 Å². The van der Waals surface area contributed by atoms with E-state index in [9.17, 15) is 4.79 Å². The van der Waals surface area contributed by atoms with E-state index in [2.05, 4.69) is 20.3 Å². The highest BCUT2D eigenvalue weighted by molar-refractivity contribution is 6.29. The first-order valence-electron chi connectivity index (χ1n) is 5.33. The van der Waals surface area contributed by atoms with E-state index in [0.717, 1.165) is 11.3 Å². The molecule has 5 nitrogen and oxygen atoms in total. The van der Waals surface area contributed by atoms with Gasteiger partial charge in [0.1, 0.15) is 5.15 Å². The number of nitrogens with one attached hydrogen (secondary N) is 1. The molecule has 0 radical (unpaired) electrons. The minimum absolute atomic E-state index is 0.195. The number of aryl methyl sites for hydroxylation is 1. The van der Waals surface area contributed by atoms with Crippen molar-refractivity contribution in [3.8, 4) is 0 Å². The van der Waals surface area contributed by atoms with Crippen LogP contribution in [0.2, 0.25) is 5.15 Å². The zero-order valence-corrected chi connectivity index (χ0v) is 10.5. The Labute approximate surface area is 109 Å². The molecule has 0 aromatic carbocycles. The first-order chi connectivity index (χ1) is 8.65. The molecule has 6 heteroatoms. The quantitative estimate of drug-likeness (QED) is 0.919. The van der Waals surface area contributed by atoms with Crippen LogP contribution in [0.4, 0.5) is 5.82 Å². The third-order valence-electron chi connectivity index (χ3n) is 2.32. The molecule has 18 heavy (non-hydrogen) atoms. The van der Waals surface area contributed by atoms with Crippen LogP contribution < -0.4 is 5.32 Å². The fourth-order valence-electron chi connectivity index (χ4n) is 1.44. The molecule has 0 spiro atoms. The lowest BCUT2D eigenvalue weighted by atomic mass is 10.1. The summed E-state index contributed by atoms with van der Waals surface area (Å²) in [5, 5.41) is 2.86. The molecule has 2 aromatic rings. The Morgan fingerprint density at radius 3 is 3.00 bits per heavy atom. The summed E-state index contributed by atoms with van der Waals surface area (Å²) < 4.78 is 0. The van der Waals surface area contributed by atoms with Crippen molar-refractivity contribution in [2.45, 2.75) is 13.3 Å². The summed E-state index contributed by atoms with van der Waals surface area (Å²) in [5.41, 5.74) is 1.72. The van der Waals surface area contributed by atoms with Crippen LogP contribution in [0.1, 0.15) is 11.3 Å². The van der Waals surface area contributed by atoms with Gasteiger partial charge >= 0.3 is 0 Å². The average Bonchev–Trinajstić information content (AvgIpc) is 2.32. The maximum absolute atomic E-state index is 11.8. The topological polar surface area (TPSA) is 67.8 Å². The Hall–Kier alpha value is -2.01. The number of pyridine rings is 1. The SMILES string of the molecule is Cc1cccnc1CC(=O)Nc1cncc(Cl)n1. The molecule has 1 amide bonds. The summed E-state index contributed by atoms with van der Waals surface area (Å²) in [6.07, 6.45) is 4.70. The maximum atomic E-state index is 11.8. The molecule has 0 unspecified atom stereocenters. The number of hydrogen-bond donors (Lipinski definition) is 1. The molecule has 2 aromatic heterocycles. The Morgan fingerprint density at radius 1 is 1.44 bits per heavy atom. The number of aromatic nitrogens is 3. The molecule has 0 saturated carbocycles. The van der Waals surface area contributed by atoms with Crippen molar-refractivity contribution in [3.63, 3.8) is 0 Å². The first-order valence-corrected chi connectivity index (χ1v) is 5.71. The largest absolute Gasteiger partial charge is 0.309 e. The molecular weight excluding hydrogens is 252 g/mol. The standard InChI is InChI=1S/C12H11ClN4O/c1-8-3-2-4-15-9(8)5-12(18)17-11-7-14-6-10(13)16-11/h2-4,6-7H,5H2,1H3,(H,16,17,18). The summed E-state index contributed by atoms with van der Waals surface area (Å²) in [5.74, 6) is 0.134. The van der Waals surface area contributed by atoms with E-state index in [1.807, 2.05) is 19.1 Å². The first kappa shape index (κ1) is 12.4. The average molecular weight is 263 g/mol. The number of amides is 1. The molecular formula is C12H11ClN4O. The number of rotatable bonds is 3. The summed E-state index contributed by atoms with van der Waals surface area (Å²) in [6.45, 7) is 1.91. The number of carbonyl (C=O) groups excluding carboxylic acids is 1. The minimum atomic E-state index is -0.201. The van der Waals surface area contributed by atoms with E-state index in [4.69, 9.17) is 11.6 Å². The van der Waals surface area contributed by atoms with E-state index >= 15 is 0 Å². The summed E-state index contributed by atoms with van der Waals surface area (Å²) >= 11 is 5.68. The highest BCUT2D eigenvalue weighted by Crippen LogP contribution is 2.08. The van der Waals surface area contributed by atoms with Gasteiger partial charge in [0.15, 0.2) is 5.82 Å². The van der Waals surface area contributed by atoms with Crippen molar-refractivity contribution in [2.24, 2.45) is 0 Å². The lowest BCUT2D eigenvalue weighted by Gasteiger charge is -2.05. The van der Waals surface area contributed by atoms with Gasteiger partial charge in [0.25, 0.3) is 0 Å². The van der Waals surface area contributed by atoms with Gasteiger partial charge < -0.3 is 5.32 Å². The molecule has 0 aliphatic rings. The van der Waals surface area contributed by atoms with Crippen molar-refractivity contribution in [1.29, 1.82) is 0 Å². The molecule has 0 aliphatic carbocycles. The van der Waals surface area contributed by atoms with Crippen molar-refractivity contribution in [2.75, 3.05) is 5.32 Å². The molecule has 0 bridgehead atoms. The third kappa shape index (κ3) is 3.24. The fraction of sp³-hybridized carbons (Fsp3) is 0.167. The smallest absolute Gasteiger partial charge is 0.231 e. The van der Waals surface area contributed by atoms with Crippen molar-refractivity contribution >= 4 is 23.3 Å². The highest BCUT2D eigenvalue weighted by Gasteiger charge is 2.08. The highest BCUT2D eigenvalue weighted by atomic mass is 35.5. The van der Waals surface area contributed by atoms with Crippen LogP contribution in [-0.2, 0) is 11.2 Å². The lowest BCUT2D eigenvalue weighted by Crippen LogP contribution is -2.16. The zero-order valence-electron chi connectivity index (χ0n) is 9.72. The third-order valence-corrected chi connectivity index (χ3v) is 2.50. The van der Waals surface area contributed by atoms with Crippen molar-refractivity contribution < 1.29 is 4.79 Å². The van der Waals surface area contributed by atoms with Gasteiger partial charge in [0.05, 0.1) is 24.5 Å². The lowest BCUT2D eigenvalue weighted by molar-refractivity contribution is -0.115. The molecule has 0 aliphatic heterocycles. The second-order valence-corrected chi connectivity index (χ2v) is 4.11. The second kappa shape index (κ2) is 5.55. The number of anilines is 1. The van der Waals surface area contributed by atoms with Gasteiger partial charge in [0, 0.05) is 6.20 Å². The monoisotopic (exact) mass is 262 g/mol. The summed E-state index contributed by atoms with van der Waals surface area (Å²) in [4.78, 5) is 23.7. The van der Waals surface area contributed by atoms with Crippen LogP contribution in [0.5, 0.6) is 0 Å². The van der Waals surface area contributed by atoms with Gasteiger partial charge in [-0.3, -0.25) is 14.8 Å². The van der Waals surface area contributed by atoms with Gasteiger partial charge in [-0.25, -0.2) is 4.98 Å². The second-order valence-electron chi connectivity index (χ2n) is 3.72. The number of halogens is 1. The molecule has 0 saturated heterocycles. The Morgan fingerprint density at radius 2 is 2.28 bits per heavy atom. The molecule has 2 heterocycles. The minimum Gasteiger partial charge on any atom is -0.309 e. The van der Waals surface area contributed by atoms with E-state index in [1.165, 1.54) is 12.4 Å². The van der Waals surface area contributed by atoms with Crippen molar-refractivity contribution in [3.05, 3.63) is 47.1 Å². The molecule has 0 atom stereocenters. The normalized spacial score (nSPS) is 10.1. The van der Waals surface area contributed by atoms with E-state index in [0.29, 0.717) is 5.82 Å². The van der Waals surface area contributed by atoms with Gasteiger partial charge in [-0.2, -0.15) is 0 Å². The fourth-order valence-corrected chi connectivity index (χ4v) is 1.59. The van der Waals surface area contributed by atoms with Gasteiger partial charge in [-0.05, 0) is 18.6 Å². The van der Waals surface area contributed by atoms with Gasteiger partial charge in [0.2, 0.25) is 5.91 Å². The van der Waals surface area contributed by atoms with Crippen LogP contribution in [0.25, 0.3) is 0 Å². The van der Waals surface area contributed by atoms with Crippen LogP contribution in [0.15, 0.2) is 30.7 Å². The van der Waals surface area contributed by atoms with Crippen molar-refractivity contribution in [1.82, 2.24) is 15.0 Å². The Bertz CT molecular complexity index is 574. The number of hydrogen-bond acceptors (Lipinski definition) is 4. The predicted octanol–water partition coefficient (Wildman–Crippen LogP) is 2.01. The summed E-state index contributed by atoms with van der Waals surface area (Å²) in [6, 6.07) is 3.74. The van der Waals surface area contributed by atoms with Gasteiger partial charge in [-0.15, -0.1) is 0 Å². The summed E-state index contributed by atoms with van der Waals surface area (Å²) in [7, 11) is 0. The van der Waals surface area contributed by atoms with E-state index in [1.54, 1.807) is 6.20 Å². The number of carbonyl (C=O) groups is 1. The zero-order chi connectivity index (χ0) is 13.0. The van der Waals surface area contributed by atoms with Crippen LogP contribution >= 0.6 is 11.6 Å². The Kier molecular flexibility index (Phi) is 3.84. The number of nitrogens with zero attached hydrogens (tertiary/aromatic N) is 3. The molecule has 1 N–H and O–H groups in total. The maximum Gasteiger partial charge on any atom is 0.231 e. The van der Waals surface area contributed by atoms with Crippen LogP contribution in [0, 0.1) is 6.92 Å². The van der Waals surface area contributed by atoms with E-state index < -0.39 is 0 Å². The Balaban J connectivity index is 2.03. The molecule has 92 valence electrons. The molecule has 2 rings (SSSR count). The molecule has 0 fully saturated rings.